The van der Waals surface area contributed by atoms with Gasteiger partial charge in [-0.25, -0.2) is 4.98 Å². The van der Waals surface area contributed by atoms with Gasteiger partial charge in [0.15, 0.2) is 11.5 Å². The van der Waals surface area contributed by atoms with Crippen LogP contribution in [0.2, 0.25) is 0 Å². The van der Waals surface area contributed by atoms with Gasteiger partial charge in [0.2, 0.25) is 5.91 Å². The highest BCUT2D eigenvalue weighted by Gasteiger charge is 2.08. The van der Waals surface area contributed by atoms with Gasteiger partial charge in [-0.3, -0.25) is 4.79 Å². The molecular formula is C14H15N3O2. The summed E-state index contributed by atoms with van der Waals surface area (Å²) in [5.74, 6) is 0.495. The van der Waals surface area contributed by atoms with Gasteiger partial charge in [0.1, 0.15) is 11.9 Å². The predicted octanol–water partition coefficient (Wildman–Crippen LogP) is 2.05. The van der Waals surface area contributed by atoms with E-state index in [1.165, 1.54) is 0 Å². The van der Waals surface area contributed by atoms with E-state index < -0.39 is 0 Å². The Kier molecular flexibility index (Phi) is 3.81. The van der Waals surface area contributed by atoms with Gasteiger partial charge in [0.25, 0.3) is 0 Å². The van der Waals surface area contributed by atoms with Gasteiger partial charge in [0, 0.05) is 20.5 Å². The minimum Gasteiger partial charge on any atom is -0.441 e. The van der Waals surface area contributed by atoms with Crippen LogP contribution in [-0.4, -0.2) is 29.4 Å². The molecular weight excluding hydrogens is 242 g/mol. The van der Waals surface area contributed by atoms with Crippen molar-refractivity contribution in [2.75, 3.05) is 13.6 Å². The number of nitriles is 1. The summed E-state index contributed by atoms with van der Waals surface area (Å²) >= 11 is 0. The van der Waals surface area contributed by atoms with E-state index in [2.05, 4.69) is 4.98 Å². The quantitative estimate of drug-likeness (QED) is 0.840. The topological polar surface area (TPSA) is 70.1 Å². The molecule has 0 aliphatic heterocycles. The van der Waals surface area contributed by atoms with Crippen molar-refractivity contribution in [1.29, 1.82) is 5.26 Å². The maximum atomic E-state index is 11.5. The number of carbonyl (C=O) groups excluding carboxylic acids is 1. The maximum absolute atomic E-state index is 11.5. The van der Waals surface area contributed by atoms with Crippen LogP contribution in [0.25, 0.3) is 11.1 Å². The number of hydrogen-bond donors (Lipinski definition) is 0. The molecule has 0 radical (unpaired) electrons. The first kappa shape index (κ1) is 13.1. The molecule has 5 heteroatoms. The molecule has 19 heavy (non-hydrogen) atoms. The number of oxazole rings is 1. The van der Waals surface area contributed by atoms with E-state index in [-0.39, 0.29) is 12.3 Å². The first-order valence-electron chi connectivity index (χ1n) is 6.07. The molecule has 0 saturated carbocycles. The maximum Gasteiger partial charge on any atom is 0.236 e. The van der Waals surface area contributed by atoms with E-state index in [1.54, 1.807) is 11.9 Å². The van der Waals surface area contributed by atoms with Crippen LogP contribution >= 0.6 is 0 Å². The summed E-state index contributed by atoms with van der Waals surface area (Å²) in [5.41, 5.74) is 2.70. The lowest BCUT2D eigenvalue weighted by molar-refractivity contribution is -0.128. The number of aromatic nitrogens is 1. The summed E-state index contributed by atoms with van der Waals surface area (Å²) in [5, 5.41) is 8.48. The minimum atomic E-state index is -0.152. The molecule has 1 aromatic heterocycles. The minimum absolute atomic E-state index is 0.0714. The third-order valence-electron chi connectivity index (χ3n) is 2.95. The number of fused-ring (bicyclic) bond motifs is 1. The van der Waals surface area contributed by atoms with Crippen molar-refractivity contribution < 1.29 is 9.21 Å². The second-order valence-electron chi connectivity index (χ2n) is 4.44. The number of amides is 1. The molecule has 2 rings (SSSR count). The highest BCUT2D eigenvalue weighted by atomic mass is 16.3. The Labute approximate surface area is 111 Å². The molecule has 0 fully saturated rings. The summed E-state index contributed by atoms with van der Waals surface area (Å²) in [4.78, 5) is 17.3. The van der Waals surface area contributed by atoms with Crippen molar-refractivity contribution in [3.8, 4) is 6.07 Å². The molecule has 0 bridgehead atoms. The molecule has 0 unspecified atom stereocenters. The molecule has 0 atom stereocenters. The van der Waals surface area contributed by atoms with Gasteiger partial charge in [-0.1, -0.05) is 6.07 Å². The molecule has 5 nitrogen and oxygen atoms in total. The van der Waals surface area contributed by atoms with Crippen LogP contribution in [0.1, 0.15) is 17.9 Å². The Morgan fingerprint density at radius 1 is 1.53 bits per heavy atom. The number of carbonyl (C=O) groups is 1. The molecule has 0 aliphatic rings. The fourth-order valence-corrected chi connectivity index (χ4v) is 1.87. The fourth-order valence-electron chi connectivity index (χ4n) is 1.87. The monoisotopic (exact) mass is 257 g/mol. The highest BCUT2D eigenvalue weighted by Crippen LogP contribution is 2.17. The third-order valence-corrected chi connectivity index (χ3v) is 2.95. The number of hydrogen-bond acceptors (Lipinski definition) is 4. The molecule has 0 N–H and O–H groups in total. The third kappa shape index (κ3) is 3.10. The van der Waals surface area contributed by atoms with Crippen molar-refractivity contribution in [2.24, 2.45) is 0 Å². The zero-order valence-electron chi connectivity index (χ0n) is 11.0. The van der Waals surface area contributed by atoms with Crippen molar-refractivity contribution in [3.05, 3.63) is 29.7 Å². The number of benzene rings is 1. The van der Waals surface area contributed by atoms with Crippen LogP contribution < -0.4 is 0 Å². The number of rotatable bonds is 4. The number of likely N-dealkylation sites (N-methyl/N-ethyl adjacent to an activating group) is 1. The Balaban J connectivity index is 2.01. The van der Waals surface area contributed by atoms with Gasteiger partial charge >= 0.3 is 0 Å². The van der Waals surface area contributed by atoms with E-state index in [0.29, 0.717) is 12.4 Å². The van der Waals surface area contributed by atoms with E-state index in [1.807, 2.05) is 31.2 Å². The normalized spacial score (nSPS) is 10.4. The molecule has 1 heterocycles. The van der Waals surface area contributed by atoms with E-state index in [4.69, 9.17) is 9.68 Å². The SMILES string of the molecule is Cc1nc2cc(CCN(C)C(=O)CC#N)ccc2o1. The number of nitrogens with zero attached hydrogens (tertiary/aromatic N) is 3. The summed E-state index contributed by atoms with van der Waals surface area (Å²) in [6.07, 6.45) is 0.660. The summed E-state index contributed by atoms with van der Waals surface area (Å²) in [6, 6.07) is 7.69. The van der Waals surface area contributed by atoms with Crippen LogP contribution in [0.4, 0.5) is 0 Å². The molecule has 0 spiro atoms. The Hall–Kier alpha value is -2.35. The zero-order chi connectivity index (χ0) is 13.8. The predicted molar refractivity (Wildman–Crippen MR) is 70.3 cm³/mol. The van der Waals surface area contributed by atoms with Gasteiger partial charge < -0.3 is 9.32 Å². The van der Waals surface area contributed by atoms with Crippen LogP contribution in [-0.2, 0) is 11.2 Å². The first-order valence-corrected chi connectivity index (χ1v) is 6.07. The Morgan fingerprint density at radius 3 is 3.05 bits per heavy atom. The standard InChI is InChI=1S/C14H15N3O2/c1-10-16-12-9-11(3-4-13(12)19-10)6-8-17(2)14(18)5-7-15/h3-4,9H,5-6,8H2,1-2H3. The molecule has 0 aliphatic carbocycles. The van der Waals surface area contributed by atoms with Crippen molar-refractivity contribution in [1.82, 2.24) is 9.88 Å². The molecule has 1 amide bonds. The van der Waals surface area contributed by atoms with E-state index >= 15 is 0 Å². The average Bonchev–Trinajstić information content (AvgIpc) is 2.75. The van der Waals surface area contributed by atoms with Gasteiger partial charge in [-0.2, -0.15) is 5.26 Å². The second kappa shape index (κ2) is 5.53. The first-order chi connectivity index (χ1) is 9.10. The molecule has 98 valence electrons. The lowest BCUT2D eigenvalue weighted by Gasteiger charge is -2.15. The van der Waals surface area contributed by atoms with Gasteiger partial charge in [-0.05, 0) is 24.1 Å². The average molecular weight is 257 g/mol. The Bertz CT molecular complexity index is 640. The van der Waals surface area contributed by atoms with Crippen molar-refractivity contribution >= 4 is 17.0 Å². The van der Waals surface area contributed by atoms with Crippen molar-refractivity contribution in [3.63, 3.8) is 0 Å². The van der Waals surface area contributed by atoms with Gasteiger partial charge in [0.05, 0.1) is 6.07 Å². The second-order valence-corrected chi connectivity index (χ2v) is 4.44. The van der Waals surface area contributed by atoms with Crippen LogP contribution in [0, 0.1) is 18.3 Å². The molecule has 2 aromatic rings. The van der Waals surface area contributed by atoms with E-state index in [9.17, 15) is 4.79 Å². The molecule has 1 aromatic carbocycles. The van der Waals surface area contributed by atoms with E-state index in [0.717, 1.165) is 23.1 Å². The van der Waals surface area contributed by atoms with Crippen LogP contribution in [0.15, 0.2) is 22.6 Å². The zero-order valence-corrected chi connectivity index (χ0v) is 11.0. The van der Waals surface area contributed by atoms with Crippen LogP contribution in [0.3, 0.4) is 0 Å². The Morgan fingerprint density at radius 2 is 2.32 bits per heavy atom. The summed E-state index contributed by atoms with van der Waals surface area (Å²) in [7, 11) is 1.71. The summed E-state index contributed by atoms with van der Waals surface area (Å²) in [6.45, 7) is 2.40. The van der Waals surface area contributed by atoms with Gasteiger partial charge in [-0.15, -0.1) is 0 Å². The summed E-state index contributed by atoms with van der Waals surface area (Å²) < 4.78 is 5.41. The molecule has 0 saturated heterocycles. The lowest BCUT2D eigenvalue weighted by atomic mass is 10.1. The van der Waals surface area contributed by atoms with Crippen LogP contribution in [0.5, 0.6) is 0 Å². The highest BCUT2D eigenvalue weighted by molar-refractivity contribution is 5.78. The fraction of sp³-hybridized carbons (Fsp3) is 0.357. The van der Waals surface area contributed by atoms with Crippen molar-refractivity contribution in [2.45, 2.75) is 19.8 Å². The smallest absolute Gasteiger partial charge is 0.236 e. The largest absolute Gasteiger partial charge is 0.441 e. The lowest BCUT2D eigenvalue weighted by Crippen LogP contribution is -2.28. The number of aryl methyl sites for hydroxylation is 1.